The molecule has 0 N–H and O–H groups in total. The average Bonchev–Trinajstić information content (AvgIpc) is 2.57. The molecule has 5 heteroatoms. The van der Waals surface area contributed by atoms with Crippen LogP contribution in [0.2, 0.25) is 0 Å². The quantitative estimate of drug-likeness (QED) is 0.828. The summed E-state index contributed by atoms with van der Waals surface area (Å²) in [5, 5.41) is 0. The highest BCUT2D eigenvalue weighted by Crippen LogP contribution is 2.32. The van der Waals surface area contributed by atoms with E-state index in [-0.39, 0.29) is 24.5 Å². The first kappa shape index (κ1) is 17.9. The smallest absolute Gasteiger partial charge is 0.254 e. The number of likely N-dealkylation sites (N-methyl/N-ethyl adjacent to an activating group) is 1. The van der Waals surface area contributed by atoms with Gasteiger partial charge in [0.2, 0.25) is 5.91 Å². The van der Waals surface area contributed by atoms with Crippen LogP contribution in [0.4, 0.5) is 0 Å². The summed E-state index contributed by atoms with van der Waals surface area (Å²) in [6, 6.07) is 7.62. The lowest BCUT2D eigenvalue weighted by molar-refractivity contribution is -0.168. The molecule has 2 amide bonds. The normalized spacial score (nSPS) is 30.5. The summed E-state index contributed by atoms with van der Waals surface area (Å²) in [5.41, 5.74) is 2.09. The highest BCUT2D eigenvalue weighted by Gasteiger charge is 2.42. The lowest BCUT2D eigenvalue weighted by atomic mass is 9.90. The lowest BCUT2D eigenvalue weighted by Gasteiger charge is -2.42. The molecule has 2 saturated heterocycles. The maximum absolute atomic E-state index is 13.2. The maximum Gasteiger partial charge on any atom is 0.254 e. The van der Waals surface area contributed by atoms with Gasteiger partial charge in [0.05, 0.1) is 6.04 Å². The van der Waals surface area contributed by atoms with Crippen LogP contribution in [0.25, 0.3) is 0 Å². The number of carbonyl (C=O) groups is 2. The summed E-state index contributed by atoms with van der Waals surface area (Å²) in [4.78, 5) is 29.0. The number of aryl methyl sites for hydroxylation is 1. The summed E-state index contributed by atoms with van der Waals surface area (Å²) in [5.74, 6) is 0.903. The first-order valence-corrected chi connectivity index (χ1v) is 9.09. The summed E-state index contributed by atoms with van der Waals surface area (Å²) in [6.07, 6.45) is 0.512. The number of rotatable bonds is 2. The van der Waals surface area contributed by atoms with E-state index in [4.69, 9.17) is 4.74 Å². The molecule has 0 radical (unpaired) electrons. The van der Waals surface area contributed by atoms with Crippen molar-refractivity contribution in [3.8, 4) is 0 Å². The van der Waals surface area contributed by atoms with Crippen LogP contribution in [0.3, 0.4) is 0 Å². The molecule has 2 fully saturated rings. The van der Waals surface area contributed by atoms with Gasteiger partial charge < -0.3 is 14.5 Å². The first-order valence-electron chi connectivity index (χ1n) is 9.09. The largest absolute Gasteiger partial charge is 0.356 e. The summed E-state index contributed by atoms with van der Waals surface area (Å²) >= 11 is 0. The highest BCUT2D eigenvalue weighted by molar-refractivity contribution is 5.86. The van der Waals surface area contributed by atoms with E-state index in [9.17, 15) is 9.59 Å². The van der Waals surface area contributed by atoms with Crippen molar-refractivity contribution >= 4 is 11.8 Å². The van der Waals surface area contributed by atoms with Gasteiger partial charge in [-0.15, -0.1) is 0 Å². The fourth-order valence-corrected chi connectivity index (χ4v) is 4.10. The molecule has 4 atom stereocenters. The number of nitrogens with zero attached hydrogens (tertiary/aromatic N) is 2. The molecule has 0 aromatic heterocycles. The van der Waals surface area contributed by atoms with E-state index < -0.39 is 6.10 Å². The standard InChI is InChI=1S/C20H28N2O3/c1-13-5-7-16(8-6-13)18-19(25-12-17(23)21(18)4)20(24)22-10-14(2)9-15(3)11-22/h5-8,14-15,18-19H,9-12H2,1-4H3/t14-,15-,18+,19+/m0/s1. The minimum absolute atomic E-state index is 0.00308. The Kier molecular flexibility index (Phi) is 5.13. The van der Waals surface area contributed by atoms with E-state index in [0.29, 0.717) is 11.8 Å². The van der Waals surface area contributed by atoms with Gasteiger partial charge in [0.15, 0.2) is 6.10 Å². The van der Waals surface area contributed by atoms with Crippen molar-refractivity contribution in [1.29, 1.82) is 0 Å². The number of ether oxygens (including phenoxy) is 1. The molecule has 3 rings (SSSR count). The fraction of sp³-hybridized carbons (Fsp3) is 0.600. The Morgan fingerprint density at radius 1 is 1.12 bits per heavy atom. The monoisotopic (exact) mass is 344 g/mol. The van der Waals surface area contributed by atoms with Crippen LogP contribution in [0.5, 0.6) is 0 Å². The molecule has 25 heavy (non-hydrogen) atoms. The molecule has 0 spiro atoms. The van der Waals surface area contributed by atoms with Crippen LogP contribution >= 0.6 is 0 Å². The molecule has 2 aliphatic rings. The van der Waals surface area contributed by atoms with E-state index >= 15 is 0 Å². The van der Waals surface area contributed by atoms with Gasteiger partial charge in [0, 0.05) is 20.1 Å². The highest BCUT2D eigenvalue weighted by atomic mass is 16.5. The van der Waals surface area contributed by atoms with Crippen LogP contribution < -0.4 is 0 Å². The molecule has 5 nitrogen and oxygen atoms in total. The van der Waals surface area contributed by atoms with Crippen LogP contribution in [0.15, 0.2) is 24.3 Å². The zero-order valence-corrected chi connectivity index (χ0v) is 15.6. The lowest BCUT2D eigenvalue weighted by Crippen LogP contribution is -2.55. The van der Waals surface area contributed by atoms with Crippen LogP contribution in [0.1, 0.15) is 37.4 Å². The first-order chi connectivity index (χ1) is 11.9. The number of morpholine rings is 1. The SMILES string of the molecule is Cc1ccc([C@@H]2[C@H](C(=O)N3C[C@@H](C)C[C@H](C)C3)OCC(=O)N2C)cc1. The third-order valence-electron chi connectivity index (χ3n) is 5.33. The third-order valence-corrected chi connectivity index (χ3v) is 5.33. The zero-order chi connectivity index (χ0) is 18.1. The van der Waals surface area contributed by atoms with E-state index in [1.54, 1.807) is 11.9 Å². The van der Waals surface area contributed by atoms with E-state index in [0.717, 1.165) is 30.6 Å². The second-order valence-electron chi connectivity index (χ2n) is 7.78. The van der Waals surface area contributed by atoms with Crippen molar-refractivity contribution < 1.29 is 14.3 Å². The van der Waals surface area contributed by atoms with Gasteiger partial charge in [0.25, 0.3) is 5.91 Å². The predicted molar refractivity (Wildman–Crippen MR) is 96.0 cm³/mol. The third kappa shape index (κ3) is 3.71. The zero-order valence-electron chi connectivity index (χ0n) is 15.6. The fourth-order valence-electron chi connectivity index (χ4n) is 4.10. The van der Waals surface area contributed by atoms with E-state index in [1.807, 2.05) is 36.1 Å². The van der Waals surface area contributed by atoms with Crippen molar-refractivity contribution in [3.63, 3.8) is 0 Å². The van der Waals surface area contributed by atoms with Crippen molar-refractivity contribution in [3.05, 3.63) is 35.4 Å². The Labute approximate surface area is 149 Å². The Morgan fingerprint density at radius 2 is 1.72 bits per heavy atom. The maximum atomic E-state index is 13.2. The van der Waals surface area contributed by atoms with Crippen LogP contribution in [-0.4, -0.2) is 54.5 Å². The van der Waals surface area contributed by atoms with Crippen molar-refractivity contribution in [2.45, 2.75) is 39.3 Å². The Balaban J connectivity index is 1.87. The molecule has 2 aliphatic heterocycles. The molecule has 1 aromatic carbocycles. The molecule has 1 aromatic rings. The van der Waals surface area contributed by atoms with Gasteiger partial charge in [0.1, 0.15) is 6.61 Å². The number of hydrogen-bond donors (Lipinski definition) is 0. The second kappa shape index (κ2) is 7.16. The van der Waals surface area contributed by atoms with Crippen LogP contribution in [-0.2, 0) is 14.3 Å². The van der Waals surface area contributed by atoms with E-state index in [2.05, 4.69) is 13.8 Å². The molecule has 136 valence electrons. The predicted octanol–water partition coefficient (Wildman–Crippen LogP) is 2.40. The van der Waals surface area contributed by atoms with Gasteiger partial charge in [-0.05, 0) is 30.7 Å². The van der Waals surface area contributed by atoms with Gasteiger partial charge in [-0.1, -0.05) is 43.7 Å². The van der Waals surface area contributed by atoms with Crippen molar-refractivity contribution in [1.82, 2.24) is 9.80 Å². The molecule has 0 bridgehead atoms. The number of piperidine rings is 1. The van der Waals surface area contributed by atoms with Gasteiger partial charge in [-0.25, -0.2) is 0 Å². The molecule has 2 heterocycles. The Hall–Kier alpha value is -1.88. The molecular formula is C20H28N2O3. The second-order valence-corrected chi connectivity index (χ2v) is 7.78. The molecular weight excluding hydrogens is 316 g/mol. The number of benzene rings is 1. The summed E-state index contributed by atoms with van der Waals surface area (Å²) in [6.45, 7) is 7.89. The minimum atomic E-state index is -0.636. The van der Waals surface area contributed by atoms with Crippen molar-refractivity contribution in [2.24, 2.45) is 11.8 Å². The Morgan fingerprint density at radius 3 is 2.32 bits per heavy atom. The number of amides is 2. The number of carbonyl (C=O) groups excluding carboxylic acids is 2. The van der Waals surface area contributed by atoms with Crippen LogP contribution in [0, 0.1) is 18.8 Å². The van der Waals surface area contributed by atoms with Gasteiger partial charge in [-0.2, -0.15) is 0 Å². The van der Waals surface area contributed by atoms with Gasteiger partial charge >= 0.3 is 0 Å². The molecule has 0 aliphatic carbocycles. The van der Waals surface area contributed by atoms with Crippen molar-refractivity contribution in [2.75, 3.05) is 26.7 Å². The average molecular weight is 344 g/mol. The number of likely N-dealkylation sites (tertiary alicyclic amines) is 1. The Bertz CT molecular complexity index is 633. The summed E-state index contributed by atoms with van der Waals surface area (Å²) < 4.78 is 5.76. The topological polar surface area (TPSA) is 49.9 Å². The number of hydrogen-bond acceptors (Lipinski definition) is 3. The van der Waals surface area contributed by atoms with E-state index in [1.165, 1.54) is 0 Å². The molecule has 0 saturated carbocycles. The molecule has 0 unspecified atom stereocenters. The van der Waals surface area contributed by atoms with Gasteiger partial charge in [-0.3, -0.25) is 9.59 Å². The minimum Gasteiger partial charge on any atom is -0.356 e. The summed E-state index contributed by atoms with van der Waals surface area (Å²) in [7, 11) is 1.76.